The topological polar surface area (TPSA) is 59.0 Å². The number of carbonyl (C=O) groups is 1. The molecule has 1 aliphatic rings. The van der Waals surface area contributed by atoms with Crippen LogP contribution in [-0.2, 0) is 0 Å². The molecule has 5 nitrogen and oxygen atoms in total. The third-order valence-corrected chi connectivity index (χ3v) is 5.41. The van der Waals surface area contributed by atoms with E-state index in [4.69, 9.17) is 9.47 Å². The van der Waals surface area contributed by atoms with Gasteiger partial charge in [-0.1, -0.05) is 30.3 Å². The van der Waals surface area contributed by atoms with Crippen molar-refractivity contribution in [1.29, 1.82) is 0 Å². The number of aliphatic hydroxyl groups excluding tert-OH is 1. The number of hydrogen-bond donors (Lipinski definition) is 1. The quantitative estimate of drug-likeness (QED) is 0.875. The van der Waals surface area contributed by atoms with E-state index >= 15 is 0 Å². The van der Waals surface area contributed by atoms with E-state index in [0.29, 0.717) is 30.2 Å². The summed E-state index contributed by atoms with van der Waals surface area (Å²) in [6.07, 6.45) is 1.08. The Morgan fingerprint density at radius 3 is 2.15 bits per heavy atom. The van der Waals surface area contributed by atoms with Crippen LogP contribution in [0.2, 0.25) is 0 Å². The third-order valence-electron chi connectivity index (χ3n) is 5.41. The molecule has 0 spiro atoms. The minimum atomic E-state index is -0.483. The van der Waals surface area contributed by atoms with Gasteiger partial charge in [-0.3, -0.25) is 4.79 Å². The van der Waals surface area contributed by atoms with Crippen LogP contribution in [0.5, 0.6) is 11.5 Å². The normalized spacial score (nSPS) is 16.1. The molecule has 1 N–H and O–H groups in total. The van der Waals surface area contributed by atoms with Gasteiger partial charge in [0, 0.05) is 24.2 Å². The van der Waals surface area contributed by atoms with Gasteiger partial charge in [0.1, 0.15) is 11.5 Å². The van der Waals surface area contributed by atoms with Crippen molar-refractivity contribution in [3.8, 4) is 11.5 Å². The molecule has 1 amide bonds. The summed E-state index contributed by atoms with van der Waals surface area (Å²) in [7, 11) is 3.18. The highest BCUT2D eigenvalue weighted by atomic mass is 16.5. The summed E-state index contributed by atoms with van der Waals surface area (Å²) in [6, 6.07) is 13.3. The van der Waals surface area contributed by atoms with E-state index in [1.807, 2.05) is 42.2 Å². The first kappa shape index (κ1) is 19.2. The van der Waals surface area contributed by atoms with Gasteiger partial charge in [-0.05, 0) is 43.4 Å². The van der Waals surface area contributed by atoms with Crippen LogP contribution >= 0.6 is 0 Å². The Bertz CT molecular complexity index is 757. The summed E-state index contributed by atoms with van der Waals surface area (Å²) in [5, 5.41) is 10.6. The summed E-state index contributed by atoms with van der Waals surface area (Å²) < 4.78 is 10.8. The molecule has 0 aliphatic carbocycles. The number of hydrogen-bond acceptors (Lipinski definition) is 4. The molecule has 27 heavy (non-hydrogen) atoms. The van der Waals surface area contributed by atoms with Gasteiger partial charge in [0.2, 0.25) is 0 Å². The van der Waals surface area contributed by atoms with Crippen molar-refractivity contribution in [1.82, 2.24) is 4.90 Å². The molecule has 0 aromatic heterocycles. The van der Waals surface area contributed by atoms with Gasteiger partial charge < -0.3 is 19.5 Å². The number of nitrogens with zero attached hydrogens (tertiary/aromatic N) is 1. The minimum absolute atomic E-state index is 0.0285. The Hall–Kier alpha value is -2.53. The zero-order valence-electron chi connectivity index (χ0n) is 16.1. The summed E-state index contributed by atoms with van der Waals surface area (Å²) in [4.78, 5) is 14.8. The molecule has 3 rings (SSSR count). The highest BCUT2D eigenvalue weighted by molar-refractivity contribution is 5.95. The monoisotopic (exact) mass is 369 g/mol. The van der Waals surface area contributed by atoms with Gasteiger partial charge in [-0.25, -0.2) is 0 Å². The van der Waals surface area contributed by atoms with E-state index < -0.39 is 6.10 Å². The van der Waals surface area contributed by atoms with Crippen LogP contribution in [0, 0.1) is 12.8 Å². The van der Waals surface area contributed by atoms with Crippen molar-refractivity contribution < 1.29 is 19.4 Å². The molecular weight excluding hydrogens is 342 g/mol. The Balaban J connectivity index is 1.68. The van der Waals surface area contributed by atoms with E-state index in [2.05, 4.69) is 0 Å². The number of aliphatic hydroxyl groups is 1. The highest BCUT2D eigenvalue weighted by Gasteiger charge is 2.29. The maximum absolute atomic E-state index is 12.9. The molecule has 2 aromatic carbocycles. The fraction of sp³-hybridized carbons (Fsp3) is 0.409. The largest absolute Gasteiger partial charge is 0.496 e. The highest BCUT2D eigenvalue weighted by Crippen LogP contribution is 2.33. The van der Waals surface area contributed by atoms with Crippen LogP contribution in [0.4, 0.5) is 0 Å². The van der Waals surface area contributed by atoms with E-state index in [1.165, 1.54) is 0 Å². The molecule has 144 valence electrons. The minimum Gasteiger partial charge on any atom is -0.496 e. The number of amides is 1. The summed E-state index contributed by atoms with van der Waals surface area (Å²) in [5.74, 6) is 1.43. The first-order chi connectivity index (χ1) is 13.0. The average molecular weight is 369 g/mol. The molecular formula is C22H27NO4. The van der Waals surface area contributed by atoms with Crippen molar-refractivity contribution in [3.63, 3.8) is 0 Å². The number of rotatable bonds is 5. The molecule has 1 atom stereocenters. The predicted molar refractivity (Wildman–Crippen MR) is 104 cm³/mol. The molecule has 1 fully saturated rings. The van der Waals surface area contributed by atoms with Crippen LogP contribution in [0.1, 0.15) is 40.4 Å². The van der Waals surface area contributed by atoms with E-state index in [-0.39, 0.29) is 11.8 Å². The number of ether oxygens (including phenoxy) is 2. The van der Waals surface area contributed by atoms with Crippen molar-refractivity contribution in [2.75, 3.05) is 27.3 Å². The molecule has 2 aromatic rings. The number of likely N-dealkylation sites (tertiary alicyclic amines) is 1. The van der Waals surface area contributed by atoms with Crippen molar-refractivity contribution in [3.05, 3.63) is 59.2 Å². The molecule has 0 bridgehead atoms. The Kier molecular flexibility index (Phi) is 6.01. The van der Waals surface area contributed by atoms with E-state index in [9.17, 15) is 9.90 Å². The summed E-state index contributed by atoms with van der Waals surface area (Å²) in [6.45, 7) is 3.17. The summed E-state index contributed by atoms with van der Waals surface area (Å²) >= 11 is 0. The van der Waals surface area contributed by atoms with Crippen LogP contribution in [0.15, 0.2) is 42.5 Å². The van der Waals surface area contributed by atoms with Crippen molar-refractivity contribution in [2.24, 2.45) is 5.92 Å². The molecule has 1 saturated heterocycles. The zero-order valence-corrected chi connectivity index (χ0v) is 16.1. The Morgan fingerprint density at radius 2 is 1.63 bits per heavy atom. The maximum atomic E-state index is 12.9. The van der Waals surface area contributed by atoms with Crippen LogP contribution in [-0.4, -0.2) is 43.2 Å². The van der Waals surface area contributed by atoms with Crippen LogP contribution in [0.25, 0.3) is 0 Å². The fourth-order valence-corrected chi connectivity index (χ4v) is 3.73. The second-order valence-electron chi connectivity index (χ2n) is 6.99. The van der Waals surface area contributed by atoms with Gasteiger partial charge in [0.25, 0.3) is 5.91 Å². The van der Waals surface area contributed by atoms with Crippen LogP contribution < -0.4 is 9.47 Å². The lowest BCUT2D eigenvalue weighted by molar-refractivity contribution is 0.0462. The predicted octanol–water partition coefficient (Wildman–Crippen LogP) is 3.60. The van der Waals surface area contributed by atoms with Crippen molar-refractivity contribution >= 4 is 5.91 Å². The maximum Gasteiger partial charge on any atom is 0.254 e. The van der Waals surface area contributed by atoms with E-state index in [0.717, 1.165) is 24.0 Å². The molecule has 0 saturated carbocycles. The lowest BCUT2D eigenvalue weighted by atomic mass is 9.87. The lowest BCUT2D eigenvalue weighted by Gasteiger charge is -2.34. The first-order valence-electron chi connectivity index (χ1n) is 9.30. The second-order valence-corrected chi connectivity index (χ2v) is 6.99. The smallest absolute Gasteiger partial charge is 0.254 e. The average Bonchev–Trinajstić information content (AvgIpc) is 2.73. The molecule has 5 heteroatoms. The lowest BCUT2D eigenvalue weighted by Crippen LogP contribution is -2.39. The SMILES string of the molecule is COc1cc(C(=O)N2CCC(C(O)c3ccccc3)CC2)cc(OC)c1C. The van der Waals surface area contributed by atoms with Gasteiger partial charge in [0.05, 0.1) is 20.3 Å². The second kappa shape index (κ2) is 8.44. The number of carbonyl (C=O) groups excluding carboxylic acids is 1. The molecule has 0 radical (unpaired) electrons. The zero-order chi connectivity index (χ0) is 19.4. The van der Waals surface area contributed by atoms with E-state index in [1.54, 1.807) is 26.4 Å². The van der Waals surface area contributed by atoms with Crippen molar-refractivity contribution in [2.45, 2.75) is 25.9 Å². The molecule has 1 aliphatic heterocycles. The number of benzene rings is 2. The van der Waals surface area contributed by atoms with Gasteiger partial charge >= 0.3 is 0 Å². The first-order valence-corrected chi connectivity index (χ1v) is 9.30. The summed E-state index contributed by atoms with van der Waals surface area (Å²) in [5.41, 5.74) is 2.38. The number of piperidine rings is 1. The molecule has 1 unspecified atom stereocenters. The fourth-order valence-electron chi connectivity index (χ4n) is 3.73. The van der Waals surface area contributed by atoms with Gasteiger partial charge in [-0.2, -0.15) is 0 Å². The Labute approximate surface area is 160 Å². The standard InChI is InChI=1S/C22H27NO4/c1-15-19(26-2)13-18(14-20(15)27-3)22(25)23-11-9-17(10-12-23)21(24)16-7-5-4-6-8-16/h4-8,13-14,17,21,24H,9-12H2,1-3H3. The van der Waals surface area contributed by atoms with Gasteiger partial charge in [-0.15, -0.1) is 0 Å². The third kappa shape index (κ3) is 4.08. The van der Waals surface area contributed by atoms with Gasteiger partial charge in [0.15, 0.2) is 0 Å². The Morgan fingerprint density at radius 1 is 1.07 bits per heavy atom. The molecule has 1 heterocycles. The number of methoxy groups -OCH3 is 2. The van der Waals surface area contributed by atoms with Crippen LogP contribution in [0.3, 0.4) is 0 Å².